The molecule has 0 atom stereocenters. The summed E-state index contributed by atoms with van der Waals surface area (Å²) in [5.74, 6) is -0.532. The molecule has 0 radical (unpaired) electrons. The molecule has 0 aliphatic carbocycles. The number of phenols is 2. The van der Waals surface area contributed by atoms with E-state index >= 15 is 0 Å². The molecule has 0 saturated carbocycles. The van der Waals surface area contributed by atoms with Gasteiger partial charge in [0.15, 0.2) is 17.5 Å². The fourth-order valence-corrected chi connectivity index (χ4v) is 1.38. The Hall–Kier alpha value is -2.44. The summed E-state index contributed by atoms with van der Waals surface area (Å²) in [7, 11) is 1.66. The van der Waals surface area contributed by atoms with Crippen LogP contribution in [0.1, 0.15) is 5.56 Å². The van der Waals surface area contributed by atoms with Gasteiger partial charge in [-0.3, -0.25) is 5.41 Å². The van der Waals surface area contributed by atoms with E-state index in [1.165, 1.54) is 11.0 Å². The first kappa shape index (κ1) is 13.6. The number of hydrogen-bond acceptors (Lipinski definition) is 3. The van der Waals surface area contributed by atoms with Crippen LogP contribution in [-0.2, 0) is 6.42 Å². The smallest absolute Gasteiger partial charge is 0.220 e. The molecule has 7 nitrogen and oxygen atoms in total. The van der Waals surface area contributed by atoms with Gasteiger partial charge < -0.3 is 26.6 Å². The number of benzene rings is 1. The molecular weight excluding hydrogens is 234 g/mol. The zero-order chi connectivity index (χ0) is 13.7. The predicted molar refractivity (Wildman–Crippen MR) is 69.6 cm³/mol. The molecule has 0 saturated heterocycles. The lowest BCUT2D eigenvalue weighted by Gasteiger charge is -2.17. The lowest BCUT2D eigenvalue weighted by Crippen LogP contribution is -2.31. The molecule has 98 valence electrons. The van der Waals surface area contributed by atoms with Crippen molar-refractivity contribution in [2.75, 3.05) is 13.6 Å². The molecule has 1 aromatic rings. The van der Waals surface area contributed by atoms with Crippen LogP contribution in [0.4, 0.5) is 0 Å². The van der Waals surface area contributed by atoms with E-state index in [1.54, 1.807) is 19.2 Å². The maximum atomic E-state index is 9.60. The quantitative estimate of drug-likeness (QED) is 0.288. The average Bonchev–Trinajstić information content (AvgIpc) is 2.29. The third-order valence-corrected chi connectivity index (χ3v) is 2.41. The summed E-state index contributed by atoms with van der Waals surface area (Å²) in [6, 6.07) is 4.75. The largest absolute Gasteiger partial charge is 0.504 e. The molecule has 0 spiro atoms. The van der Waals surface area contributed by atoms with Crippen molar-refractivity contribution in [3.05, 3.63) is 23.8 Å². The van der Waals surface area contributed by atoms with E-state index in [0.29, 0.717) is 18.5 Å². The molecule has 0 aromatic heterocycles. The van der Waals surface area contributed by atoms with Gasteiger partial charge in [-0.05, 0) is 18.1 Å². The normalized spacial score (nSPS) is 9.83. The number of likely N-dealkylation sites (N-methyl/N-ethyl adjacent to an activating group) is 1. The Balaban J connectivity index is 2.63. The lowest BCUT2D eigenvalue weighted by molar-refractivity contribution is 0.396. The van der Waals surface area contributed by atoms with Crippen LogP contribution >= 0.6 is 0 Å². The van der Waals surface area contributed by atoms with Crippen LogP contribution in [0.2, 0.25) is 0 Å². The second-order valence-corrected chi connectivity index (χ2v) is 3.82. The minimum Gasteiger partial charge on any atom is -0.504 e. The molecule has 18 heavy (non-hydrogen) atoms. The highest BCUT2D eigenvalue weighted by Gasteiger charge is 2.08. The maximum absolute atomic E-state index is 9.60. The van der Waals surface area contributed by atoms with Gasteiger partial charge in [0.1, 0.15) is 0 Å². The van der Waals surface area contributed by atoms with Gasteiger partial charge in [-0.1, -0.05) is 12.1 Å². The second kappa shape index (κ2) is 5.76. The van der Waals surface area contributed by atoms with Crippen LogP contribution in [0.15, 0.2) is 23.2 Å². The Morgan fingerprint density at radius 1 is 1.39 bits per heavy atom. The van der Waals surface area contributed by atoms with Gasteiger partial charge in [0.05, 0.1) is 0 Å². The van der Waals surface area contributed by atoms with Gasteiger partial charge in [-0.2, -0.15) is 4.99 Å². The Morgan fingerprint density at radius 2 is 2.06 bits per heavy atom. The van der Waals surface area contributed by atoms with Gasteiger partial charge in [0, 0.05) is 13.6 Å². The minimum absolute atomic E-state index is 0.0605. The fraction of sp³-hybridized carbons (Fsp3) is 0.273. The number of aromatic hydroxyl groups is 2. The van der Waals surface area contributed by atoms with Crippen LogP contribution in [0.3, 0.4) is 0 Å². The predicted octanol–water partition coefficient (Wildman–Crippen LogP) is -0.220. The minimum atomic E-state index is -0.174. The summed E-state index contributed by atoms with van der Waals surface area (Å²) in [5.41, 5.74) is 10.9. The standard InChI is InChI=1S/C11H17N5O2/c1-16(11(14)15-10(12)13)6-5-7-3-2-4-8(17)9(7)18/h2-4,17-18H,5-6H2,1H3,(H5,12,13,14,15). The summed E-state index contributed by atoms with van der Waals surface area (Å²) in [4.78, 5) is 5.13. The van der Waals surface area contributed by atoms with Crippen molar-refractivity contribution >= 4 is 11.9 Å². The fourth-order valence-electron chi connectivity index (χ4n) is 1.38. The first-order chi connectivity index (χ1) is 8.41. The van der Waals surface area contributed by atoms with Crippen LogP contribution in [-0.4, -0.2) is 40.6 Å². The molecule has 0 unspecified atom stereocenters. The molecule has 7 N–H and O–H groups in total. The first-order valence-electron chi connectivity index (χ1n) is 5.31. The number of nitrogens with two attached hydrogens (primary N) is 2. The van der Waals surface area contributed by atoms with E-state index in [9.17, 15) is 10.2 Å². The van der Waals surface area contributed by atoms with Gasteiger partial charge in [0.2, 0.25) is 5.96 Å². The van der Waals surface area contributed by atoms with Crippen LogP contribution in [0.5, 0.6) is 11.5 Å². The van der Waals surface area contributed by atoms with Gasteiger partial charge in [0.25, 0.3) is 0 Å². The Labute approximate surface area is 105 Å². The van der Waals surface area contributed by atoms with E-state index in [-0.39, 0.29) is 23.4 Å². The molecule has 0 aliphatic rings. The number of phenolic OH excluding ortho intramolecular Hbond substituents is 2. The third-order valence-electron chi connectivity index (χ3n) is 2.41. The molecular formula is C11H17N5O2. The molecule has 1 aromatic carbocycles. The van der Waals surface area contributed by atoms with E-state index in [1.807, 2.05) is 0 Å². The van der Waals surface area contributed by atoms with Crippen molar-refractivity contribution in [3.8, 4) is 11.5 Å². The van der Waals surface area contributed by atoms with E-state index < -0.39 is 0 Å². The molecule has 0 bridgehead atoms. The highest BCUT2D eigenvalue weighted by molar-refractivity contribution is 5.91. The maximum Gasteiger partial charge on any atom is 0.220 e. The van der Waals surface area contributed by atoms with E-state index in [0.717, 1.165) is 0 Å². The zero-order valence-electron chi connectivity index (χ0n) is 10.1. The molecule has 7 heteroatoms. The van der Waals surface area contributed by atoms with Gasteiger partial charge in [-0.25, -0.2) is 0 Å². The van der Waals surface area contributed by atoms with Crippen molar-refractivity contribution in [3.63, 3.8) is 0 Å². The summed E-state index contributed by atoms with van der Waals surface area (Å²) in [6.45, 7) is 0.437. The topological polar surface area (TPSA) is 132 Å². The van der Waals surface area contributed by atoms with E-state index in [2.05, 4.69) is 4.99 Å². The van der Waals surface area contributed by atoms with Crippen molar-refractivity contribution in [1.29, 1.82) is 5.41 Å². The van der Waals surface area contributed by atoms with E-state index in [4.69, 9.17) is 16.9 Å². The summed E-state index contributed by atoms with van der Waals surface area (Å²) in [5, 5.41) is 26.5. The molecule has 1 rings (SSSR count). The Morgan fingerprint density at radius 3 is 2.67 bits per heavy atom. The van der Waals surface area contributed by atoms with Crippen LogP contribution in [0, 0.1) is 5.41 Å². The third kappa shape index (κ3) is 3.55. The van der Waals surface area contributed by atoms with Crippen molar-refractivity contribution in [1.82, 2.24) is 4.90 Å². The van der Waals surface area contributed by atoms with Crippen LogP contribution in [0.25, 0.3) is 0 Å². The average molecular weight is 251 g/mol. The lowest BCUT2D eigenvalue weighted by atomic mass is 10.1. The van der Waals surface area contributed by atoms with Gasteiger partial charge >= 0.3 is 0 Å². The number of para-hydroxylation sites is 1. The zero-order valence-corrected chi connectivity index (χ0v) is 10.1. The number of rotatable bonds is 3. The highest BCUT2D eigenvalue weighted by atomic mass is 16.3. The van der Waals surface area contributed by atoms with Gasteiger partial charge in [-0.15, -0.1) is 0 Å². The van der Waals surface area contributed by atoms with Crippen molar-refractivity contribution in [2.45, 2.75) is 6.42 Å². The highest BCUT2D eigenvalue weighted by Crippen LogP contribution is 2.28. The number of nitrogens with zero attached hydrogens (tertiary/aromatic N) is 2. The number of hydrogen-bond donors (Lipinski definition) is 5. The summed E-state index contributed by atoms with van der Waals surface area (Å²) >= 11 is 0. The Bertz CT molecular complexity index is 469. The molecule has 0 heterocycles. The molecule has 0 fully saturated rings. The Kier molecular flexibility index (Phi) is 4.36. The summed E-state index contributed by atoms with van der Waals surface area (Å²) < 4.78 is 0. The molecule has 0 amide bonds. The van der Waals surface area contributed by atoms with Crippen molar-refractivity contribution in [2.24, 2.45) is 16.5 Å². The number of aliphatic imine (C=N–C) groups is 1. The monoisotopic (exact) mass is 251 g/mol. The summed E-state index contributed by atoms with van der Waals surface area (Å²) in [6.07, 6.45) is 0.457. The first-order valence-corrected chi connectivity index (χ1v) is 5.31. The van der Waals surface area contributed by atoms with Crippen LogP contribution < -0.4 is 11.5 Å². The number of nitrogens with one attached hydrogen (secondary N) is 1. The number of guanidine groups is 2. The SMILES string of the molecule is CN(CCc1cccc(O)c1O)C(=N)N=C(N)N. The second-order valence-electron chi connectivity index (χ2n) is 3.82. The molecule has 0 aliphatic heterocycles. The van der Waals surface area contributed by atoms with Crippen molar-refractivity contribution < 1.29 is 10.2 Å².